The van der Waals surface area contributed by atoms with Crippen molar-refractivity contribution in [1.82, 2.24) is 9.97 Å². The summed E-state index contributed by atoms with van der Waals surface area (Å²) in [4.78, 5) is 7.86. The molecule has 0 atom stereocenters. The molecule has 0 saturated carbocycles. The van der Waals surface area contributed by atoms with E-state index in [2.05, 4.69) is 35.9 Å². The fourth-order valence-corrected chi connectivity index (χ4v) is 3.36. The fraction of sp³-hybridized carbons (Fsp3) is 0.167. The third-order valence-corrected chi connectivity index (χ3v) is 4.66. The second-order valence-electron chi connectivity index (χ2n) is 4.00. The lowest BCUT2D eigenvalue weighted by atomic mass is 10.3. The smallest absolute Gasteiger partial charge is 0.265 e. The summed E-state index contributed by atoms with van der Waals surface area (Å²) in [5, 5.41) is 3.39. The molecule has 1 aromatic heterocycles. The minimum Gasteiger partial charge on any atom is -0.355 e. The number of benzene rings is 1. The normalized spacial score (nSPS) is 11.2. The van der Waals surface area contributed by atoms with E-state index in [1.165, 1.54) is 12.4 Å². The van der Waals surface area contributed by atoms with Crippen LogP contribution in [0.25, 0.3) is 0 Å². The maximum Gasteiger partial charge on any atom is 0.265 e. The summed E-state index contributed by atoms with van der Waals surface area (Å²) in [6.45, 7) is 2.55. The van der Waals surface area contributed by atoms with Gasteiger partial charge in [0.05, 0.1) is 18.1 Å². The summed E-state index contributed by atoms with van der Waals surface area (Å²) in [7, 11) is -3.76. The summed E-state index contributed by atoms with van der Waals surface area (Å²) >= 11 is 9.07. The van der Waals surface area contributed by atoms with Gasteiger partial charge in [-0.1, -0.05) is 11.6 Å². The van der Waals surface area contributed by atoms with E-state index in [1.807, 2.05) is 6.92 Å². The van der Waals surface area contributed by atoms with Crippen LogP contribution >= 0.6 is 27.5 Å². The molecule has 0 radical (unpaired) electrons. The first-order valence-corrected chi connectivity index (χ1v) is 8.61. The molecule has 0 aliphatic carbocycles. The highest BCUT2D eigenvalue weighted by atomic mass is 79.9. The summed E-state index contributed by atoms with van der Waals surface area (Å²) < 4.78 is 27.5. The Morgan fingerprint density at radius 2 is 1.95 bits per heavy atom. The highest BCUT2D eigenvalue weighted by Gasteiger charge is 2.17. The first-order valence-electron chi connectivity index (χ1n) is 5.96. The number of halogens is 2. The van der Waals surface area contributed by atoms with Crippen LogP contribution in [0.4, 0.5) is 11.6 Å². The first-order chi connectivity index (χ1) is 9.92. The van der Waals surface area contributed by atoms with Crippen molar-refractivity contribution >= 4 is 49.2 Å². The first kappa shape index (κ1) is 16.0. The number of aromatic nitrogens is 2. The zero-order chi connectivity index (χ0) is 15.5. The van der Waals surface area contributed by atoms with Gasteiger partial charge in [0.15, 0.2) is 0 Å². The standard InChI is InChI=1S/C12H12BrClN4O2S/c1-2-15-12-16-6-9(7-17-12)21(19,20)18-11-4-3-8(14)5-10(11)13/h3-7,18H,2H2,1H3,(H,15,16,17). The van der Waals surface area contributed by atoms with Crippen LogP contribution in [0, 0.1) is 0 Å². The van der Waals surface area contributed by atoms with E-state index in [0.717, 1.165) is 0 Å². The van der Waals surface area contributed by atoms with E-state index < -0.39 is 10.0 Å². The number of nitrogens with zero attached hydrogens (tertiary/aromatic N) is 2. The Hall–Kier alpha value is -1.38. The van der Waals surface area contributed by atoms with Crippen LogP contribution in [0.2, 0.25) is 5.02 Å². The van der Waals surface area contributed by atoms with Gasteiger partial charge in [0.2, 0.25) is 5.95 Å². The van der Waals surface area contributed by atoms with E-state index >= 15 is 0 Å². The molecule has 2 N–H and O–H groups in total. The van der Waals surface area contributed by atoms with E-state index in [0.29, 0.717) is 27.7 Å². The predicted molar refractivity (Wildman–Crippen MR) is 86.2 cm³/mol. The molecule has 0 amide bonds. The molecule has 0 saturated heterocycles. The van der Waals surface area contributed by atoms with E-state index in [1.54, 1.807) is 18.2 Å². The van der Waals surface area contributed by atoms with Crippen molar-refractivity contribution in [2.75, 3.05) is 16.6 Å². The van der Waals surface area contributed by atoms with Crippen molar-refractivity contribution in [3.63, 3.8) is 0 Å². The Bertz CT molecular complexity index is 737. The molecule has 1 aromatic carbocycles. The summed E-state index contributed by atoms with van der Waals surface area (Å²) in [6, 6.07) is 4.76. The Morgan fingerprint density at radius 1 is 1.29 bits per heavy atom. The molecule has 0 bridgehead atoms. The number of hydrogen-bond donors (Lipinski definition) is 2. The van der Waals surface area contributed by atoms with Crippen molar-refractivity contribution in [3.05, 3.63) is 40.1 Å². The number of anilines is 2. The van der Waals surface area contributed by atoms with Gasteiger partial charge >= 0.3 is 0 Å². The molecule has 2 rings (SSSR count). The lowest BCUT2D eigenvalue weighted by Gasteiger charge is -2.10. The Balaban J connectivity index is 2.25. The Morgan fingerprint density at radius 3 is 2.52 bits per heavy atom. The molecular weight excluding hydrogens is 380 g/mol. The fourth-order valence-electron chi connectivity index (χ4n) is 1.48. The molecule has 2 aromatic rings. The average Bonchev–Trinajstić information content (AvgIpc) is 2.43. The molecule has 112 valence electrons. The maximum atomic E-state index is 12.2. The van der Waals surface area contributed by atoms with Gasteiger partial charge in [-0.2, -0.15) is 0 Å². The third-order valence-electron chi connectivity index (χ3n) is 2.45. The van der Waals surface area contributed by atoms with Crippen LogP contribution in [-0.4, -0.2) is 24.9 Å². The van der Waals surface area contributed by atoms with E-state index in [4.69, 9.17) is 11.6 Å². The molecule has 21 heavy (non-hydrogen) atoms. The zero-order valence-corrected chi connectivity index (χ0v) is 14.1. The molecule has 0 aliphatic rings. The maximum absolute atomic E-state index is 12.2. The largest absolute Gasteiger partial charge is 0.355 e. The average molecular weight is 392 g/mol. The van der Waals surface area contributed by atoms with Gasteiger partial charge in [-0.15, -0.1) is 0 Å². The molecule has 0 aliphatic heterocycles. The highest BCUT2D eigenvalue weighted by molar-refractivity contribution is 9.10. The lowest BCUT2D eigenvalue weighted by Crippen LogP contribution is -2.14. The Labute approximate surface area is 136 Å². The van der Waals surface area contributed by atoms with Crippen LogP contribution in [0.5, 0.6) is 0 Å². The molecule has 6 nitrogen and oxygen atoms in total. The van der Waals surface area contributed by atoms with Gasteiger partial charge in [0.1, 0.15) is 4.90 Å². The topological polar surface area (TPSA) is 84.0 Å². The summed E-state index contributed by atoms with van der Waals surface area (Å²) in [6.07, 6.45) is 2.49. The van der Waals surface area contributed by atoms with E-state index in [9.17, 15) is 8.42 Å². The molecule has 1 heterocycles. The molecule has 0 unspecified atom stereocenters. The zero-order valence-electron chi connectivity index (χ0n) is 11.0. The van der Waals surface area contributed by atoms with Crippen molar-refractivity contribution < 1.29 is 8.42 Å². The number of sulfonamides is 1. The quantitative estimate of drug-likeness (QED) is 0.818. The number of hydrogen-bond acceptors (Lipinski definition) is 5. The van der Waals surface area contributed by atoms with Crippen molar-refractivity contribution in [2.24, 2.45) is 0 Å². The van der Waals surface area contributed by atoms with Gasteiger partial charge in [0.25, 0.3) is 10.0 Å². The summed E-state index contributed by atoms with van der Waals surface area (Å²) in [5.74, 6) is 0.379. The van der Waals surface area contributed by atoms with Crippen LogP contribution in [0.1, 0.15) is 6.92 Å². The van der Waals surface area contributed by atoms with Gasteiger partial charge in [-0.05, 0) is 41.1 Å². The summed E-state index contributed by atoms with van der Waals surface area (Å²) in [5.41, 5.74) is 0.384. The Kier molecular flexibility index (Phi) is 5.02. The van der Waals surface area contributed by atoms with Crippen molar-refractivity contribution in [3.8, 4) is 0 Å². The van der Waals surface area contributed by atoms with Crippen molar-refractivity contribution in [1.29, 1.82) is 0 Å². The molecule has 0 spiro atoms. The van der Waals surface area contributed by atoms with Gasteiger partial charge < -0.3 is 5.32 Å². The predicted octanol–water partition coefficient (Wildman–Crippen LogP) is 3.13. The number of nitrogens with one attached hydrogen (secondary N) is 2. The second-order valence-corrected chi connectivity index (χ2v) is 6.98. The minimum atomic E-state index is -3.76. The van der Waals surface area contributed by atoms with Crippen LogP contribution < -0.4 is 10.0 Å². The highest BCUT2D eigenvalue weighted by Crippen LogP contribution is 2.27. The molecular formula is C12H12BrClN4O2S. The second kappa shape index (κ2) is 6.59. The van der Waals surface area contributed by atoms with Crippen LogP contribution in [0.15, 0.2) is 40.0 Å². The van der Waals surface area contributed by atoms with Gasteiger partial charge in [-0.25, -0.2) is 18.4 Å². The van der Waals surface area contributed by atoms with Gasteiger partial charge in [0, 0.05) is 16.0 Å². The van der Waals surface area contributed by atoms with Crippen molar-refractivity contribution in [2.45, 2.75) is 11.8 Å². The van der Waals surface area contributed by atoms with Crippen LogP contribution in [0.3, 0.4) is 0 Å². The lowest BCUT2D eigenvalue weighted by molar-refractivity contribution is 0.600. The molecule has 9 heteroatoms. The third kappa shape index (κ3) is 4.05. The monoisotopic (exact) mass is 390 g/mol. The number of rotatable bonds is 5. The molecule has 0 fully saturated rings. The SMILES string of the molecule is CCNc1ncc(S(=O)(=O)Nc2ccc(Cl)cc2Br)cn1. The minimum absolute atomic E-state index is 0.0222. The van der Waals surface area contributed by atoms with Gasteiger partial charge in [-0.3, -0.25) is 4.72 Å². The van der Waals surface area contributed by atoms with E-state index in [-0.39, 0.29) is 4.90 Å². The van der Waals surface area contributed by atoms with Crippen LogP contribution in [-0.2, 0) is 10.0 Å².